The van der Waals surface area contributed by atoms with Crippen LogP contribution in [0.15, 0.2) is 48.8 Å². The summed E-state index contributed by atoms with van der Waals surface area (Å²) in [6.45, 7) is 6.96. The lowest BCUT2D eigenvalue weighted by Crippen LogP contribution is -2.42. The van der Waals surface area contributed by atoms with Gasteiger partial charge >= 0.3 is 0 Å². The summed E-state index contributed by atoms with van der Waals surface area (Å²) in [6.07, 6.45) is 3.57. The zero-order valence-corrected chi connectivity index (χ0v) is 16.3. The van der Waals surface area contributed by atoms with Gasteiger partial charge in [-0.05, 0) is 43.7 Å². The van der Waals surface area contributed by atoms with Gasteiger partial charge in [-0.3, -0.25) is 15.0 Å². The number of aromatic nitrogens is 3. The summed E-state index contributed by atoms with van der Waals surface area (Å²) in [4.78, 5) is 6.60. The normalized spacial score (nSPS) is 18.1. The quantitative estimate of drug-likeness (QED) is 0.717. The van der Waals surface area contributed by atoms with Gasteiger partial charge in [0, 0.05) is 47.7 Å². The lowest BCUT2D eigenvalue weighted by molar-refractivity contribution is -0.0419. The van der Waals surface area contributed by atoms with Crippen LogP contribution in [0.3, 0.4) is 0 Å². The fraction of sp³-hybridized carbons (Fsp3) is 0.333. The van der Waals surface area contributed by atoms with Crippen LogP contribution >= 0.6 is 11.6 Å². The van der Waals surface area contributed by atoms with Crippen LogP contribution in [0.2, 0.25) is 5.02 Å². The largest absolute Gasteiger partial charge is 0.369 e. The molecule has 0 radical (unpaired) electrons. The Labute approximate surface area is 164 Å². The molecule has 5 nitrogen and oxygen atoms in total. The highest BCUT2D eigenvalue weighted by Gasteiger charge is 2.29. The number of morpholine rings is 1. The molecular formula is C21H23ClN4O. The molecular weight excluding hydrogens is 360 g/mol. The van der Waals surface area contributed by atoms with Gasteiger partial charge in [0.05, 0.1) is 12.3 Å². The molecule has 140 valence electrons. The minimum atomic E-state index is -0.0436. The smallest absolute Gasteiger partial charge is 0.112 e. The van der Waals surface area contributed by atoms with Gasteiger partial charge in [0.2, 0.25) is 0 Å². The third kappa shape index (κ3) is 3.76. The first-order valence-corrected chi connectivity index (χ1v) is 9.61. The second-order valence-corrected chi connectivity index (χ2v) is 7.49. The number of rotatable bonds is 4. The molecule has 1 atom stereocenters. The molecule has 2 aromatic heterocycles. The summed E-state index contributed by atoms with van der Waals surface area (Å²) in [5.41, 5.74) is 5.07. The molecule has 1 saturated heterocycles. The van der Waals surface area contributed by atoms with Crippen molar-refractivity contribution in [3.05, 3.63) is 59.5 Å². The summed E-state index contributed by atoms with van der Waals surface area (Å²) >= 11 is 6.07. The highest BCUT2D eigenvalue weighted by Crippen LogP contribution is 2.38. The molecule has 27 heavy (non-hydrogen) atoms. The van der Waals surface area contributed by atoms with Crippen molar-refractivity contribution in [2.45, 2.75) is 26.0 Å². The third-order valence-electron chi connectivity index (χ3n) is 5.03. The Bertz CT molecular complexity index is 892. The topological polar surface area (TPSA) is 54.0 Å². The minimum absolute atomic E-state index is 0.0436. The molecule has 0 aliphatic carbocycles. The molecule has 1 aliphatic rings. The van der Waals surface area contributed by atoms with E-state index in [1.807, 2.05) is 36.4 Å². The summed E-state index contributed by atoms with van der Waals surface area (Å²) in [7, 11) is 0. The van der Waals surface area contributed by atoms with Crippen molar-refractivity contribution in [2.24, 2.45) is 0 Å². The van der Waals surface area contributed by atoms with Gasteiger partial charge in [-0.1, -0.05) is 23.7 Å². The zero-order chi connectivity index (χ0) is 18.8. The van der Waals surface area contributed by atoms with E-state index in [0.717, 1.165) is 41.2 Å². The Morgan fingerprint density at radius 3 is 2.56 bits per heavy atom. The van der Waals surface area contributed by atoms with E-state index in [1.54, 1.807) is 12.4 Å². The average molecular weight is 383 g/mol. The number of pyridine rings is 1. The van der Waals surface area contributed by atoms with Crippen LogP contribution in [0.4, 0.5) is 0 Å². The maximum absolute atomic E-state index is 6.13. The van der Waals surface area contributed by atoms with Gasteiger partial charge in [-0.15, -0.1) is 0 Å². The lowest BCUT2D eigenvalue weighted by Gasteiger charge is -2.35. The Balaban J connectivity index is 1.79. The highest BCUT2D eigenvalue weighted by molar-refractivity contribution is 6.30. The van der Waals surface area contributed by atoms with Crippen molar-refractivity contribution in [3.8, 4) is 22.4 Å². The van der Waals surface area contributed by atoms with Crippen LogP contribution in [0, 0.1) is 0 Å². The van der Waals surface area contributed by atoms with Crippen molar-refractivity contribution in [1.29, 1.82) is 0 Å². The number of hydrogen-bond acceptors (Lipinski definition) is 4. The van der Waals surface area contributed by atoms with E-state index in [9.17, 15) is 0 Å². The van der Waals surface area contributed by atoms with Gasteiger partial charge in [0.1, 0.15) is 11.8 Å². The molecule has 1 unspecified atom stereocenters. The predicted octanol–water partition coefficient (Wildman–Crippen LogP) is 4.57. The minimum Gasteiger partial charge on any atom is -0.369 e. The molecule has 6 heteroatoms. The predicted molar refractivity (Wildman–Crippen MR) is 108 cm³/mol. The first-order chi connectivity index (χ1) is 13.1. The Morgan fingerprint density at radius 2 is 1.85 bits per heavy atom. The van der Waals surface area contributed by atoms with Crippen LogP contribution in [0.25, 0.3) is 22.4 Å². The highest BCUT2D eigenvalue weighted by atomic mass is 35.5. The number of benzene rings is 1. The van der Waals surface area contributed by atoms with Crippen LogP contribution in [0.1, 0.15) is 25.6 Å². The fourth-order valence-corrected chi connectivity index (χ4v) is 3.65. The first kappa shape index (κ1) is 18.2. The number of aromatic amines is 1. The van der Waals surface area contributed by atoms with E-state index < -0.39 is 0 Å². The molecule has 3 heterocycles. The van der Waals surface area contributed by atoms with E-state index in [-0.39, 0.29) is 6.10 Å². The summed E-state index contributed by atoms with van der Waals surface area (Å²) in [5, 5.41) is 8.62. The van der Waals surface area contributed by atoms with Gasteiger partial charge in [0.15, 0.2) is 0 Å². The fourth-order valence-electron chi connectivity index (χ4n) is 3.53. The van der Waals surface area contributed by atoms with Crippen molar-refractivity contribution in [3.63, 3.8) is 0 Å². The van der Waals surface area contributed by atoms with E-state index in [2.05, 4.69) is 33.9 Å². The summed E-state index contributed by atoms with van der Waals surface area (Å²) in [6, 6.07) is 12.3. The Morgan fingerprint density at radius 1 is 1.11 bits per heavy atom. The van der Waals surface area contributed by atoms with Crippen molar-refractivity contribution >= 4 is 11.6 Å². The molecule has 1 N–H and O–H groups in total. The molecule has 0 bridgehead atoms. The van der Waals surface area contributed by atoms with E-state index >= 15 is 0 Å². The van der Waals surface area contributed by atoms with Crippen LogP contribution in [0.5, 0.6) is 0 Å². The first-order valence-electron chi connectivity index (χ1n) is 9.23. The average Bonchev–Trinajstić information content (AvgIpc) is 3.14. The maximum Gasteiger partial charge on any atom is 0.112 e. The molecule has 3 aromatic rings. The third-order valence-corrected chi connectivity index (χ3v) is 5.28. The van der Waals surface area contributed by atoms with E-state index in [0.29, 0.717) is 17.7 Å². The van der Waals surface area contributed by atoms with Gasteiger partial charge < -0.3 is 4.74 Å². The molecule has 0 saturated carbocycles. The van der Waals surface area contributed by atoms with Crippen LogP contribution < -0.4 is 0 Å². The number of H-pyrrole nitrogens is 1. The maximum atomic E-state index is 6.13. The van der Waals surface area contributed by atoms with Crippen LogP contribution in [-0.2, 0) is 4.74 Å². The van der Waals surface area contributed by atoms with Crippen molar-refractivity contribution in [2.75, 3.05) is 19.7 Å². The SMILES string of the molecule is CC(C)N1CCOC(c2[nH]nc(-c3ccc(Cl)cc3)c2-c2ccncc2)C1. The zero-order valence-electron chi connectivity index (χ0n) is 15.5. The molecule has 1 aliphatic heterocycles. The lowest BCUT2D eigenvalue weighted by atomic mass is 9.97. The molecule has 4 rings (SSSR count). The number of hydrogen-bond donors (Lipinski definition) is 1. The molecule has 0 spiro atoms. The standard InChI is InChI=1S/C21H23ClN4O/c1-14(2)26-11-12-27-18(13-26)21-19(15-7-9-23-10-8-15)20(24-25-21)16-3-5-17(22)6-4-16/h3-10,14,18H,11-13H2,1-2H3,(H,24,25). The van der Waals surface area contributed by atoms with Gasteiger partial charge in [-0.2, -0.15) is 5.10 Å². The number of nitrogens with zero attached hydrogens (tertiary/aromatic N) is 3. The molecule has 1 aromatic carbocycles. The summed E-state index contributed by atoms with van der Waals surface area (Å²) < 4.78 is 6.13. The number of halogens is 1. The Kier molecular flexibility index (Phi) is 5.25. The van der Waals surface area contributed by atoms with E-state index in [4.69, 9.17) is 16.3 Å². The number of nitrogens with one attached hydrogen (secondary N) is 1. The number of ether oxygens (including phenoxy) is 1. The van der Waals surface area contributed by atoms with Gasteiger partial charge in [-0.25, -0.2) is 0 Å². The van der Waals surface area contributed by atoms with E-state index in [1.165, 1.54) is 0 Å². The van der Waals surface area contributed by atoms with Crippen LogP contribution in [-0.4, -0.2) is 45.8 Å². The second kappa shape index (κ2) is 7.80. The van der Waals surface area contributed by atoms with Gasteiger partial charge in [0.25, 0.3) is 0 Å². The van der Waals surface area contributed by atoms with Crippen molar-refractivity contribution < 1.29 is 4.74 Å². The summed E-state index contributed by atoms with van der Waals surface area (Å²) in [5.74, 6) is 0. The molecule has 0 amide bonds. The monoisotopic (exact) mass is 382 g/mol. The second-order valence-electron chi connectivity index (χ2n) is 7.05. The molecule has 1 fully saturated rings. The Hall–Kier alpha value is -2.21. The van der Waals surface area contributed by atoms with Crippen molar-refractivity contribution in [1.82, 2.24) is 20.1 Å².